The largest absolute Gasteiger partial charge is 0.312 e. The lowest BCUT2D eigenvalue weighted by Gasteiger charge is -2.42. The van der Waals surface area contributed by atoms with E-state index in [2.05, 4.69) is 51.2 Å². The van der Waals surface area contributed by atoms with Crippen LogP contribution in [0.15, 0.2) is 12.4 Å². The van der Waals surface area contributed by atoms with Crippen LogP contribution in [0.3, 0.4) is 0 Å². The molecule has 1 aliphatic rings. The van der Waals surface area contributed by atoms with Gasteiger partial charge in [-0.25, -0.2) is 0 Å². The van der Waals surface area contributed by atoms with E-state index in [0.29, 0.717) is 5.41 Å². The first-order valence-electron chi connectivity index (χ1n) is 8.37. The number of rotatable bonds is 4. The number of nitrogens with one attached hydrogen (secondary N) is 1. The Bertz CT molecular complexity index is 453. The molecule has 3 heteroatoms. The number of hydrogen-bond acceptors (Lipinski definition) is 2. The van der Waals surface area contributed by atoms with Crippen LogP contribution in [-0.2, 0) is 13.5 Å². The Hall–Kier alpha value is -0.830. The fourth-order valence-electron chi connectivity index (χ4n) is 3.62. The van der Waals surface area contributed by atoms with Gasteiger partial charge < -0.3 is 5.32 Å². The van der Waals surface area contributed by atoms with E-state index in [-0.39, 0.29) is 5.54 Å². The van der Waals surface area contributed by atoms with Crippen LogP contribution in [0, 0.1) is 17.3 Å². The molecule has 0 aliphatic heterocycles. The van der Waals surface area contributed by atoms with E-state index in [1.54, 1.807) is 0 Å². The third kappa shape index (κ3) is 5.14. The molecule has 1 aromatic heterocycles. The Labute approximate surface area is 130 Å². The van der Waals surface area contributed by atoms with Gasteiger partial charge >= 0.3 is 0 Å². The van der Waals surface area contributed by atoms with E-state index < -0.39 is 0 Å². The number of aromatic nitrogens is 2. The van der Waals surface area contributed by atoms with Gasteiger partial charge in [-0.3, -0.25) is 4.68 Å². The van der Waals surface area contributed by atoms with Crippen LogP contribution in [0.25, 0.3) is 0 Å². The maximum Gasteiger partial charge on any atom is 0.0521 e. The summed E-state index contributed by atoms with van der Waals surface area (Å²) in [6, 6.07) is 0. The van der Waals surface area contributed by atoms with Crippen LogP contribution in [0.4, 0.5) is 0 Å². The minimum absolute atomic E-state index is 0.214. The zero-order valence-electron chi connectivity index (χ0n) is 14.7. The lowest BCUT2D eigenvalue weighted by atomic mass is 9.65. The fraction of sp³-hybridized carbons (Fsp3) is 0.833. The van der Waals surface area contributed by atoms with E-state index in [1.165, 1.54) is 31.2 Å². The highest BCUT2D eigenvalue weighted by Gasteiger charge is 2.35. The van der Waals surface area contributed by atoms with E-state index in [1.807, 2.05) is 17.9 Å². The molecule has 2 atom stereocenters. The smallest absolute Gasteiger partial charge is 0.0521 e. The summed E-state index contributed by atoms with van der Waals surface area (Å²) in [6.07, 6.45) is 9.42. The molecule has 0 aromatic carbocycles. The van der Waals surface area contributed by atoms with Crippen LogP contribution < -0.4 is 5.32 Å². The summed E-state index contributed by atoms with van der Waals surface area (Å²) in [6.45, 7) is 12.8. The third-order valence-electron chi connectivity index (χ3n) is 4.82. The monoisotopic (exact) mass is 291 g/mol. The summed E-state index contributed by atoms with van der Waals surface area (Å²) in [5.41, 5.74) is 2.10. The molecule has 1 aromatic rings. The van der Waals surface area contributed by atoms with Gasteiger partial charge in [0.25, 0.3) is 0 Å². The predicted molar refractivity (Wildman–Crippen MR) is 89.3 cm³/mol. The average molecular weight is 291 g/mol. The minimum Gasteiger partial charge on any atom is -0.312 e. The first-order chi connectivity index (χ1) is 9.65. The summed E-state index contributed by atoms with van der Waals surface area (Å²) in [5, 5.41) is 8.05. The number of hydrogen-bond donors (Lipinski definition) is 1. The van der Waals surface area contributed by atoms with Crippen molar-refractivity contribution in [2.45, 2.75) is 65.8 Å². The second-order valence-corrected chi connectivity index (χ2v) is 8.78. The zero-order valence-corrected chi connectivity index (χ0v) is 14.7. The highest BCUT2D eigenvalue weighted by molar-refractivity contribution is 5.06. The Balaban J connectivity index is 2.03. The van der Waals surface area contributed by atoms with Crippen molar-refractivity contribution in [3.63, 3.8) is 0 Å². The second kappa shape index (κ2) is 6.12. The number of aryl methyl sites for hydroxylation is 1. The lowest BCUT2D eigenvalue weighted by Crippen LogP contribution is -2.43. The van der Waals surface area contributed by atoms with Gasteiger partial charge in [0.15, 0.2) is 0 Å². The average Bonchev–Trinajstić information content (AvgIpc) is 2.71. The molecule has 1 N–H and O–H groups in total. The van der Waals surface area contributed by atoms with Gasteiger partial charge in [0.1, 0.15) is 0 Å². The first kappa shape index (κ1) is 16.5. The van der Waals surface area contributed by atoms with E-state index in [0.717, 1.165) is 18.4 Å². The van der Waals surface area contributed by atoms with Crippen LogP contribution in [0.2, 0.25) is 0 Å². The summed E-state index contributed by atoms with van der Waals surface area (Å²) in [7, 11) is 2.01. The van der Waals surface area contributed by atoms with Crippen molar-refractivity contribution in [3.05, 3.63) is 18.0 Å². The van der Waals surface area contributed by atoms with Crippen LogP contribution in [-0.4, -0.2) is 21.9 Å². The van der Waals surface area contributed by atoms with E-state index >= 15 is 0 Å². The minimum atomic E-state index is 0.214. The molecule has 1 aliphatic carbocycles. The molecule has 2 unspecified atom stereocenters. The van der Waals surface area contributed by atoms with Crippen molar-refractivity contribution in [2.75, 3.05) is 6.54 Å². The molecule has 1 saturated carbocycles. The second-order valence-electron chi connectivity index (χ2n) is 8.78. The molecule has 0 bridgehead atoms. The van der Waals surface area contributed by atoms with Crippen molar-refractivity contribution < 1.29 is 0 Å². The fourth-order valence-corrected chi connectivity index (χ4v) is 3.62. The van der Waals surface area contributed by atoms with Gasteiger partial charge in [-0.05, 0) is 75.8 Å². The van der Waals surface area contributed by atoms with Gasteiger partial charge in [-0.15, -0.1) is 0 Å². The topological polar surface area (TPSA) is 29.9 Å². The van der Waals surface area contributed by atoms with Gasteiger partial charge in [0, 0.05) is 18.8 Å². The van der Waals surface area contributed by atoms with Crippen molar-refractivity contribution in [1.82, 2.24) is 15.1 Å². The summed E-state index contributed by atoms with van der Waals surface area (Å²) in [4.78, 5) is 0. The van der Waals surface area contributed by atoms with Crippen LogP contribution >= 0.6 is 0 Å². The van der Waals surface area contributed by atoms with E-state index in [9.17, 15) is 0 Å². The number of nitrogens with zero attached hydrogens (tertiary/aromatic N) is 2. The van der Waals surface area contributed by atoms with Crippen molar-refractivity contribution in [1.29, 1.82) is 0 Å². The zero-order chi connectivity index (χ0) is 15.7. The predicted octanol–water partition coefficient (Wildman–Crippen LogP) is 3.79. The van der Waals surface area contributed by atoms with Gasteiger partial charge in [-0.2, -0.15) is 5.10 Å². The molecule has 1 fully saturated rings. The molecule has 2 rings (SSSR count). The first-order valence-corrected chi connectivity index (χ1v) is 8.37. The molecule has 21 heavy (non-hydrogen) atoms. The van der Waals surface area contributed by atoms with Crippen molar-refractivity contribution in [2.24, 2.45) is 24.3 Å². The standard InChI is InChI=1S/C18H33N3/c1-17(2,3)19-12-15-7-8-18(4,5)10-16(15)9-14-11-20-21(6)13-14/h11,13,15-16,19H,7-10,12H2,1-6H3. The Morgan fingerprint density at radius 3 is 2.62 bits per heavy atom. The van der Waals surface area contributed by atoms with Crippen LogP contribution in [0.1, 0.15) is 59.4 Å². The summed E-state index contributed by atoms with van der Waals surface area (Å²) in [5.74, 6) is 1.56. The van der Waals surface area contributed by atoms with Gasteiger partial charge in [-0.1, -0.05) is 13.8 Å². The molecule has 0 radical (unpaired) electrons. The van der Waals surface area contributed by atoms with Gasteiger partial charge in [0.05, 0.1) is 6.20 Å². The van der Waals surface area contributed by atoms with Crippen molar-refractivity contribution in [3.8, 4) is 0 Å². The molecule has 3 nitrogen and oxygen atoms in total. The van der Waals surface area contributed by atoms with Gasteiger partial charge in [0.2, 0.25) is 0 Å². The molecule has 120 valence electrons. The Kier molecular flexibility index (Phi) is 4.82. The molecule has 0 saturated heterocycles. The Morgan fingerprint density at radius 2 is 2.05 bits per heavy atom. The molecule has 0 amide bonds. The van der Waals surface area contributed by atoms with E-state index in [4.69, 9.17) is 0 Å². The normalized spacial score (nSPS) is 26.0. The summed E-state index contributed by atoms with van der Waals surface area (Å²) >= 11 is 0. The maximum absolute atomic E-state index is 4.33. The lowest BCUT2D eigenvalue weighted by molar-refractivity contribution is 0.111. The molecular formula is C18H33N3. The third-order valence-corrected chi connectivity index (χ3v) is 4.82. The van der Waals surface area contributed by atoms with Crippen molar-refractivity contribution >= 4 is 0 Å². The SMILES string of the molecule is Cn1cc(CC2CC(C)(C)CCC2CNC(C)(C)C)cn1. The molecule has 0 spiro atoms. The Morgan fingerprint density at radius 1 is 1.33 bits per heavy atom. The quantitative estimate of drug-likeness (QED) is 0.914. The highest BCUT2D eigenvalue weighted by Crippen LogP contribution is 2.43. The maximum atomic E-state index is 4.33. The summed E-state index contributed by atoms with van der Waals surface area (Å²) < 4.78 is 1.92. The molecular weight excluding hydrogens is 258 g/mol. The molecule has 1 heterocycles. The highest BCUT2D eigenvalue weighted by atomic mass is 15.2. The van der Waals surface area contributed by atoms with Crippen LogP contribution in [0.5, 0.6) is 0 Å².